The zero-order valence-electron chi connectivity index (χ0n) is 9.61. The van der Waals surface area contributed by atoms with Crippen molar-refractivity contribution in [3.8, 4) is 0 Å². The van der Waals surface area contributed by atoms with Gasteiger partial charge in [0.25, 0.3) is 0 Å². The van der Waals surface area contributed by atoms with Crippen LogP contribution in [-0.2, 0) is 6.42 Å². The third kappa shape index (κ3) is 2.87. The smallest absolute Gasteiger partial charge is 0.0608 e. The van der Waals surface area contributed by atoms with E-state index in [-0.39, 0.29) is 6.04 Å². The molecule has 0 saturated carbocycles. The number of hydrogen-bond donors (Lipinski definition) is 2. The van der Waals surface area contributed by atoms with Gasteiger partial charge in [0.2, 0.25) is 0 Å². The quantitative estimate of drug-likeness (QED) is 0.657. The third-order valence-corrected chi connectivity index (χ3v) is 4.32. The Bertz CT molecular complexity index is 496. The maximum Gasteiger partial charge on any atom is 0.0608 e. The summed E-state index contributed by atoms with van der Waals surface area (Å²) in [5.74, 6) is 5.63. The predicted molar refractivity (Wildman–Crippen MR) is 74.3 cm³/mol. The lowest BCUT2D eigenvalue weighted by molar-refractivity contribution is 0.559. The standard InChI is InChI=1S/C13H15ClN2S/c1-9-4-2-3-5-10(9)8-12(16-15)13-11(14)6-7-17-13/h2-7,12,16H,8,15H2,1H3. The van der Waals surface area contributed by atoms with Gasteiger partial charge in [-0.05, 0) is 35.9 Å². The molecule has 0 bridgehead atoms. The molecule has 0 saturated heterocycles. The van der Waals surface area contributed by atoms with Crippen molar-refractivity contribution in [2.45, 2.75) is 19.4 Å². The minimum Gasteiger partial charge on any atom is -0.271 e. The molecule has 3 N–H and O–H groups in total. The van der Waals surface area contributed by atoms with Crippen LogP contribution in [0.2, 0.25) is 5.02 Å². The van der Waals surface area contributed by atoms with Gasteiger partial charge in [0.15, 0.2) is 0 Å². The van der Waals surface area contributed by atoms with Gasteiger partial charge in [-0.1, -0.05) is 35.9 Å². The van der Waals surface area contributed by atoms with Gasteiger partial charge in [-0.2, -0.15) is 0 Å². The Morgan fingerprint density at radius 1 is 1.35 bits per heavy atom. The molecule has 0 radical (unpaired) electrons. The van der Waals surface area contributed by atoms with Gasteiger partial charge in [0.1, 0.15) is 0 Å². The average molecular weight is 267 g/mol. The first-order chi connectivity index (χ1) is 8.22. The summed E-state index contributed by atoms with van der Waals surface area (Å²) in [5.41, 5.74) is 5.42. The van der Waals surface area contributed by atoms with Crippen LogP contribution in [0.1, 0.15) is 22.0 Å². The molecule has 1 unspecified atom stereocenters. The van der Waals surface area contributed by atoms with E-state index in [0.717, 1.165) is 16.3 Å². The highest BCUT2D eigenvalue weighted by molar-refractivity contribution is 7.10. The normalized spacial score (nSPS) is 12.6. The molecule has 1 aromatic carbocycles. The van der Waals surface area contributed by atoms with Gasteiger partial charge in [-0.3, -0.25) is 11.3 Å². The Hall–Kier alpha value is -0.870. The maximum absolute atomic E-state index is 6.13. The van der Waals surface area contributed by atoms with Crippen LogP contribution in [-0.4, -0.2) is 0 Å². The number of aryl methyl sites for hydroxylation is 1. The van der Waals surface area contributed by atoms with Crippen LogP contribution in [0.4, 0.5) is 0 Å². The first kappa shape index (κ1) is 12.6. The van der Waals surface area contributed by atoms with Crippen LogP contribution in [0.25, 0.3) is 0 Å². The van der Waals surface area contributed by atoms with Crippen LogP contribution in [0.3, 0.4) is 0 Å². The van der Waals surface area contributed by atoms with E-state index in [0.29, 0.717) is 0 Å². The Morgan fingerprint density at radius 2 is 2.12 bits per heavy atom. The predicted octanol–water partition coefficient (Wildman–Crippen LogP) is 3.46. The van der Waals surface area contributed by atoms with Gasteiger partial charge in [-0.15, -0.1) is 11.3 Å². The fourth-order valence-electron chi connectivity index (χ4n) is 1.84. The molecule has 0 spiro atoms. The summed E-state index contributed by atoms with van der Waals surface area (Å²) in [6.45, 7) is 2.11. The van der Waals surface area contributed by atoms with E-state index < -0.39 is 0 Å². The molecule has 0 aliphatic rings. The lowest BCUT2D eigenvalue weighted by Gasteiger charge is -2.16. The summed E-state index contributed by atoms with van der Waals surface area (Å²) < 4.78 is 0. The molecule has 1 atom stereocenters. The topological polar surface area (TPSA) is 38.0 Å². The molecule has 0 fully saturated rings. The summed E-state index contributed by atoms with van der Waals surface area (Å²) >= 11 is 7.77. The van der Waals surface area contributed by atoms with E-state index in [1.165, 1.54) is 11.1 Å². The van der Waals surface area contributed by atoms with E-state index in [2.05, 4.69) is 24.5 Å². The minimum atomic E-state index is 0.0728. The molecule has 0 aliphatic heterocycles. The lowest BCUT2D eigenvalue weighted by Crippen LogP contribution is -2.29. The van der Waals surface area contributed by atoms with E-state index in [9.17, 15) is 0 Å². The average Bonchev–Trinajstić information content (AvgIpc) is 2.75. The van der Waals surface area contributed by atoms with Crippen LogP contribution < -0.4 is 11.3 Å². The Morgan fingerprint density at radius 3 is 2.71 bits per heavy atom. The lowest BCUT2D eigenvalue weighted by atomic mass is 10.0. The van der Waals surface area contributed by atoms with Gasteiger partial charge >= 0.3 is 0 Å². The monoisotopic (exact) mass is 266 g/mol. The number of halogens is 1. The van der Waals surface area contributed by atoms with Crippen molar-refractivity contribution in [3.05, 3.63) is 56.7 Å². The highest BCUT2D eigenvalue weighted by atomic mass is 35.5. The number of benzene rings is 1. The van der Waals surface area contributed by atoms with Crippen molar-refractivity contribution < 1.29 is 0 Å². The maximum atomic E-state index is 6.13. The van der Waals surface area contributed by atoms with Crippen LogP contribution in [0, 0.1) is 6.92 Å². The Labute approximate surface area is 110 Å². The molecule has 0 amide bonds. The zero-order chi connectivity index (χ0) is 12.3. The summed E-state index contributed by atoms with van der Waals surface area (Å²) in [6, 6.07) is 10.3. The van der Waals surface area contributed by atoms with Crippen molar-refractivity contribution in [1.29, 1.82) is 0 Å². The second-order valence-electron chi connectivity index (χ2n) is 3.98. The number of nitrogens with one attached hydrogen (secondary N) is 1. The summed E-state index contributed by atoms with van der Waals surface area (Å²) in [6.07, 6.45) is 0.851. The second-order valence-corrected chi connectivity index (χ2v) is 5.34. The van der Waals surface area contributed by atoms with Crippen molar-refractivity contribution in [2.24, 2.45) is 5.84 Å². The zero-order valence-corrected chi connectivity index (χ0v) is 11.2. The molecule has 2 rings (SSSR count). The summed E-state index contributed by atoms with van der Waals surface area (Å²) in [5, 5.41) is 2.77. The van der Waals surface area contributed by atoms with Crippen LogP contribution in [0.5, 0.6) is 0 Å². The molecular weight excluding hydrogens is 252 g/mol. The number of rotatable bonds is 4. The van der Waals surface area contributed by atoms with E-state index >= 15 is 0 Å². The largest absolute Gasteiger partial charge is 0.271 e. The fourth-order valence-corrected chi connectivity index (χ4v) is 3.09. The van der Waals surface area contributed by atoms with E-state index in [1.54, 1.807) is 11.3 Å². The molecular formula is C13H15ClN2S. The molecule has 2 aromatic rings. The second kappa shape index (κ2) is 5.65. The molecule has 1 aromatic heterocycles. The first-order valence-electron chi connectivity index (χ1n) is 5.46. The molecule has 0 aliphatic carbocycles. The molecule has 2 nitrogen and oxygen atoms in total. The number of hydrazine groups is 1. The minimum absolute atomic E-state index is 0.0728. The molecule has 4 heteroatoms. The summed E-state index contributed by atoms with van der Waals surface area (Å²) in [4.78, 5) is 1.09. The Kier molecular flexibility index (Phi) is 4.18. The molecule has 90 valence electrons. The van der Waals surface area contributed by atoms with Crippen molar-refractivity contribution in [3.63, 3.8) is 0 Å². The SMILES string of the molecule is Cc1ccccc1CC(NN)c1sccc1Cl. The highest BCUT2D eigenvalue weighted by Crippen LogP contribution is 2.30. The van der Waals surface area contributed by atoms with Gasteiger partial charge in [0, 0.05) is 4.88 Å². The number of thiophene rings is 1. The third-order valence-electron chi connectivity index (χ3n) is 2.85. The van der Waals surface area contributed by atoms with Crippen molar-refractivity contribution in [1.82, 2.24) is 5.43 Å². The van der Waals surface area contributed by atoms with Crippen LogP contribution in [0.15, 0.2) is 35.7 Å². The Balaban J connectivity index is 2.22. The van der Waals surface area contributed by atoms with E-state index in [1.807, 2.05) is 23.6 Å². The van der Waals surface area contributed by atoms with Crippen LogP contribution >= 0.6 is 22.9 Å². The number of nitrogens with two attached hydrogens (primary N) is 1. The van der Waals surface area contributed by atoms with Gasteiger partial charge < -0.3 is 0 Å². The summed E-state index contributed by atoms with van der Waals surface area (Å²) in [7, 11) is 0. The molecule has 17 heavy (non-hydrogen) atoms. The van der Waals surface area contributed by atoms with Gasteiger partial charge in [0.05, 0.1) is 11.1 Å². The van der Waals surface area contributed by atoms with Crippen molar-refractivity contribution in [2.75, 3.05) is 0 Å². The highest BCUT2D eigenvalue weighted by Gasteiger charge is 2.15. The van der Waals surface area contributed by atoms with Gasteiger partial charge in [-0.25, -0.2) is 0 Å². The first-order valence-corrected chi connectivity index (χ1v) is 6.71. The van der Waals surface area contributed by atoms with Crippen molar-refractivity contribution >= 4 is 22.9 Å². The van der Waals surface area contributed by atoms with E-state index in [4.69, 9.17) is 17.4 Å². The molecule has 1 heterocycles. The number of hydrogen-bond acceptors (Lipinski definition) is 3. The fraction of sp³-hybridized carbons (Fsp3) is 0.231.